The van der Waals surface area contributed by atoms with Crippen LogP contribution in [0.25, 0.3) is 0 Å². The fraction of sp³-hybridized carbons (Fsp3) is 0.390. The van der Waals surface area contributed by atoms with E-state index in [0.717, 1.165) is 5.56 Å². The highest BCUT2D eigenvalue weighted by molar-refractivity contribution is 6.00. The predicted octanol–water partition coefficient (Wildman–Crippen LogP) is 3.96. The highest BCUT2D eigenvalue weighted by Crippen LogP contribution is 2.23. The Labute approximate surface area is 333 Å². The van der Waals surface area contributed by atoms with Crippen molar-refractivity contribution in [2.45, 2.75) is 59.0 Å². The number of para-hydroxylation sites is 1. The fourth-order valence-corrected chi connectivity index (χ4v) is 5.61. The first kappa shape index (κ1) is 44.8. The largest absolute Gasteiger partial charge is 0.496 e. The summed E-state index contributed by atoms with van der Waals surface area (Å²) in [5.41, 5.74) is 6.20. The van der Waals surface area contributed by atoms with Crippen LogP contribution in [0.5, 0.6) is 5.75 Å². The molecule has 0 saturated heterocycles. The van der Waals surface area contributed by atoms with E-state index in [9.17, 15) is 34.0 Å². The Kier molecular flexibility index (Phi) is 17.8. The molecule has 3 aromatic rings. The topological polar surface area (TPSA) is 214 Å². The summed E-state index contributed by atoms with van der Waals surface area (Å²) in [5.74, 6) is -2.06. The van der Waals surface area contributed by atoms with Gasteiger partial charge in [0.25, 0.3) is 5.91 Å². The number of rotatable bonds is 18. The van der Waals surface area contributed by atoms with Gasteiger partial charge in [-0.25, -0.2) is 9.59 Å². The number of carbonyl (C=O) groups excluding carboxylic acids is 6. The van der Waals surface area contributed by atoms with E-state index in [1.807, 2.05) is 50.2 Å². The van der Waals surface area contributed by atoms with E-state index in [1.54, 1.807) is 44.2 Å². The quantitative estimate of drug-likeness (QED) is 0.104. The van der Waals surface area contributed by atoms with Gasteiger partial charge in [-0.3, -0.25) is 34.9 Å². The smallest absolute Gasteiger partial charge is 0.322 e. The van der Waals surface area contributed by atoms with Crippen LogP contribution in [0.4, 0.5) is 21.0 Å². The molecule has 0 radical (unpaired) electrons. The number of nitrogens with one attached hydrogen (secondary N) is 6. The number of hydrogen-bond acceptors (Lipinski definition) is 8. The van der Waals surface area contributed by atoms with Crippen LogP contribution >= 0.6 is 0 Å². The van der Waals surface area contributed by atoms with Gasteiger partial charge < -0.3 is 30.9 Å². The van der Waals surface area contributed by atoms with Gasteiger partial charge in [-0.05, 0) is 48.2 Å². The van der Waals surface area contributed by atoms with E-state index in [0.29, 0.717) is 12.1 Å². The Hall–Kier alpha value is -6.63. The van der Waals surface area contributed by atoms with Crippen molar-refractivity contribution in [2.24, 2.45) is 11.8 Å². The minimum Gasteiger partial charge on any atom is -0.496 e. The molecule has 8 amide bonds. The average molecular weight is 784 g/mol. The highest BCUT2D eigenvalue weighted by atomic mass is 16.5. The third-order valence-electron chi connectivity index (χ3n) is 8.69. The molecular formula is C41H53N9O7. The molecule has 0 fully saturated rings. The molecule has 304 valence electrons. The molecule has 16 heteroatoms. The first-order chi connectivity index (χ1) is 27.3. The van der Waals surface area contributed by atoms with Crippen LogP contribution in [0.2, 0.25) is 0 Å². The van der Waals surface area contributed by atoms with Gasteiger partial charge in [0, 0.05) is 50.4 Å². The number of urea groups is 2. The van der Waals surface area contributed by atoms with Gasteiger partial charge in [0.15, 0.2) is 0 Å². The Morgan fingerprint density at radius 3 is 2.02 bits per heavy atom. The number of likely N-dealkylation sites (N-methyl/N-ethyl adjacent to an activating group) is 1. The van der Waals surface area contributed by atoms with E-state index in [2.05, 4.69) is 32.1 Å². The lowest BCUT2D eigenvalue weighted by Crippen LogP contribution is -2.57. The van der Waals surface area contributed by atoms with Gasteiger partial charge in [0.05, 0.1) is 25.2 Å². The average Bonchev–Trinajstić information content (AvgIpc) is 3.20. The number of benzene rings is 3. The number of amides is 8. The van der Waals surface area contributed by atoms with Crippen molar-refractivity contribution in [3.63, 3.8) is 0 Å². The van der Waals surface area contributed by atoms with Crippen LogP contribution < -0.4 is 41.8 Å². The Bertz CT molecular complexity index is 1870. The molecule has 0 aliphatic heterocycles. The third kappa shape index (κ3) is 14.2. The van der Waals surface area contributed by atoms with Crippen molar-refractivity contribution in [3.05, 3.63) is 90.0 Å². The maximum Gasteiger partial charge on any atom is 0.322 e. The zero-order valence-electron chi connectivity index (χ0n) is 33.3. The zero-order chi connectivity index (χ0) is 41.9. The molecule has 0 heterocycles. The molecule has 0 unspecified atom stereocenters. The van der Waals surface area contributed by atoms with Gasteiger partial charge in [0.1, 0.15) is 17.8 Å². The van der Waals surface area contributed by atoms with Gasteiger partial charge in [-0.1, -0.05) is 76.2 Å². The van der Waals surface area contributed by atoms with E-state index >= 15 is 0 Å². The maximum absolute atomic E-state index is 14.2. The van der Waals surface area contributed by atoms with Crippen LogP contribution in [0, 0.1) is 23.2 Å². The van der Waals surface area contributed by atoms with Crippen LogP contribution in [0.3, 0.4) is 0 Å². The van der Waals surface area contributed by atoms with Crippen molar-refractivity contribution < 1.29 is 33.5 Å². The van der Waals surface area contributed by atoms with Crippen molar-refractivity contribution in [1.82, 2.24) is 31.7 Å². The maximum atomic E-state index is 14.2. The molecule has 0 saturated carbocycles. The van der Waals surface area contributed by atoms with Gasteiger partial charge >= 0.3 is 12.1 Å². The molecule has 0 aliphatic rings. The molecular weight excluding hydrogens is 731 g/mol. The Morgan fingerprint density at radius 2 is 1.42 bits per heavy atom. The molecule has 0 aliphatic carbocycles. The summed E-state index contributed by atoms with van der Waals surface area (Å²) in [6.45, 7) is 7.14. The second-order valence-corrected chi connectivity index (χ2v) is 13.8. The molecule has 0 bridgehead atoms. The minimum absolute atomic E-state index is 0.00703. The molecule has 16 nitrogen and oxygen atoms in total. The number of methoxy groups -OCH3 is 1. The predicted molar refractivity (Wildman–Crippen MR) is 216 cm³/mol. The molecule has 0 aromatic heterocycles. The van der Waals surface area contributed by atoms with Crippen molar-refractivity contribution >= 4 is 47.1 Å². The number of anilines is 2. The Morgan fingerprint density at radius 1 is 0.754 bits per heavy atom. The van der Waals surface area contributed by atoms with Crippen LogP contribution in [0.15, 0.2) is 78.9 Å². The standard InChI is InChI=1S/C41H53N9O7/c1-27(2)24-33(38(53)43-5)45-39(54)34(25-29-14-9-7-10-15-29)46-41(56)50(31-16-11-8-12-17-31)23-22-49(21-13-20-42)40(55)44-30-18-19-35(57-6)32(26-30)37(52)48-47-36(51)28(3)4/h7-12,14-19,26-28,33-34H,13,21-25H2,1-6H3,(H,43,53)(H,44,55)(H,45,54)(H,46,56)(H,47,51)(H,48,52)/t33-,34-/m0/s1. The van der Waals surface area contributed by atoms with E-state index in [1.165, 1.54) is 42.2 Å². The number of nitriles is 1. The normalized spacial score (nSPS) is 11.6. The van der Waals surface area contributed by atoms with Crippen molar-refractivity contribution in [2.75, 3.05) is 44.0 Å². The molecule has 57 heavy (non-hydrogen) atoms. The van der Waals surface area contributed by atoms with Crippen molar-refractivity contribution in [3.8, 4) is 11.8 Å². The molecule has 6 N–H and O–H groups in total. The third-order valence-corrected chi connectivity index (χ3v) is 8.69. The van der Waals surface area contributed by atoms with Gasteiger partial charge in [-0.15, -0.1) is 0 Å². The Balaban J connectivity index is 1.87. The number of carbonyl (C=O) groups is 6. The van der Waals surface area contributed by atoms with Crippen LogP contribution in [-0.4, -0.2) is 86.5 Å². The summed E-state index contributed by atoms with van der Waals surface area (Å²) in [5, 5.41) is 20.4. The first-order valence-electron chi connectivity index (χ1n) is 18.7. The highest BCUT2D eigenvalue weighted by Gasteiger charge is 2.29. The summed E-state index contributed by atoms with van der Waals surface area (Å²) in [7, 11) is 2.87. The zero-order valence-corrected chi connectivity index (χ0v) is 33.3. The summed E-state index contributed by atoms with van der Waals surface area (Å²) in [6.07, 6.45) is 0.501. The number of hydrogen-bond donors (Lipinski definition) is 6. The summed E-state index contributed by atoms with van der Waals surface area (Å²) in [6, 6.07) is 21.1. The number of hydrazine groups is 1. The summed E-state index contributed by atoms with van der Waals surface area (Å²) in [4.78, 5) is 82.1. The number of nitrogens with zero attached hydrogens (tertiary/aromatic N) is 3. The van der Waals surface area contributed by atoms with E-state index < -0.39 is 41.9 Å². The van der Waals surface area contributed by atoms with Gasteiger partial charge in [-0.2, -0.15) is 5.26 Å². The van der Waals surface area contributed by atoms with E-state index in [4.69, 9.17) is 4.74 Å². The second kappa shape index (κ2) is 22.7. The molecule has 3 rings (SSSR count). The van der Waals surface area contributed by atoms with Crippen LogP contribution in [0.1, 0.15) is 56.5 Å². The molecule has 0 spiro atoms. The lowest BCUT2D eigenvalue weighted by Gasteiger charge is -2.30. The second-order valence-electron chi connectivity index (χ2n) is 13.8. The lowest BCUT2D eigenvalue weighted by molar-refractivity contribution is -0.130. The minimum atomic E-state index is -1.08. The first-order valence-corrected chi connectivity index (χ1v) is 18.7. The monoisotopic (exact) mass is 783 g/mol. The van der Waals surface area contributed by atoms with Crippen molar-refractivity contribution in [1.29, 1.82) is 5.26 Å². The molecule has 3 aromatic carbocycles. The van der Waals surface area contributed by atoms with Crippen LogP contribution in [-0.2, 0) is 20.8 Å². The SMILES string of the molecule is CNC(=O)[C@H](CC(C)C)NC(=O)[C@H](Cc1ccccc1)NC(=O)N(CCN(CCC#N)C(=O)Nc1ccc(OC)c(C(=O)NNC(=O)C(C)C)c1)c1ccccc1. The summed E-state index contributed by atoms with van der Waals surface area (Å²) >= 11 is 0. The summed E-state index contributed by atoms with van der Waals surface area (Å²) < 4.78 is 5.32. The lowest BCUT2D eigenvalue weighted by atomic mass is 10.0. The van der Waals surface area contributed by atoms with Gasteiger partial charge in [0.2, 0.25) is 17.7 Å². The fourth-order valence-electron chi connectivity index (χ4n) is 5.61. The van der Waals surface area contributed by atoms with E-state index in [-0.39, 0.29) is 67.2 Å². The number of ether oxygens (including phenoxy) is 1. The molecule has 2 atom stereocenters.